The average molecular weight is 420 g/mol. The van der Waals surface area contributed by atoms with Gasteiger partial charge in [0, 0.05) is 30.9 Å². The van der Waals surface area contributed by atoms with Crippen molar-refractivity contribution in [2.24, 2.45) is 11.8 Å². The molecular weight excluding hydrogens is 387 g/mol. The number of amides is 1. The van der Waals surface area contributed by atoms with Gasteiger partial charge in [0.05, 0.1) is 5.92 Å². The van der Waals surface area contributed by atoms with E-state index in [0.29, 0.717) is 31.5 Å². The van der Waals surface area contributed by atoms with Crippen molar-refractivity contribution in [1.29, 1.82) is 0 Å². The molecule has 0 aliphatic carbocycles. The van der Waals surface area contributed by atoms with E-state index < -0.39 is 24.2 Å². The lowest BCUT2D eigenvalue weighted by atomic mass is 9.79. The first-order chi connectivity index (χ1) is 13.7. The van der Waals surface area contributed by atoms with Gasteiger partial charge in [0.1, 0.15) is 11.2 Å². The second-order valence-electron chi connectivity index (χ2n) is 9.82. The van der Waals surface area contributed by atoms with Gasteiger partial charge in [-0.2, -0.15) is 0 Å². The molecule has 0 spiro atoms. The van der Waals surface area contributed by atoms with E-state index in [9.17, 15) is 19.6 Å². The summed E-state index contributed by atoms with van der Waals surface area (Å²) in [6, 6.07) is 1.62. The Morgan fingerprint density at radius 1 is 1.17 bits per heavy atom. The fourth-order valence-corrected chi connectivity index (χ4v) is 3.44. The Morgan fingerprint density at radius 3 is 2.37 bits per heavy atom. The minimum atomic E-state index is -1.63. The number of ether oxygens (including phenoxy) is 2. The highest BCUT2D eigenvalue weighted by atomic mass is 16.6. The third-order valence-corrected chi connectivity index (χ3v) is 4.72. The van der Waals surface area contributed by atoms with Gasteiger partial charge in [0.25, 0.3) is 0 Å². The van der Waals surface area contributed by atoms with Gasteiger partial charge in [-0.25, -0.2) is 4.79 Å². The maximum Gasteiger partial charge on any atom is 0.490 e. The fraction of sp³-hybridized carbons (Fsp3) is 0.667. The third kappa shape index (κ3) is 7.29. The monoisotopic (exact) mass is 420 g/mol. The number of carbonyl (C=O) groups excluding carboxylic acids is 2. The first kappa shape index (κ1) is 24.1. The van der Waals surface area contributed by atoms with Crippen LogP contribution in [0.4, 0.5) is 4.79 Å². The highest BCUT2D eigenvalue weighted by Gasteiger charge is 2.39. The number of nitrogens with zero attached hydrogens (tertiary/aromatic N) is 2. The van der Waals surface area contributed by atoms with Gasteiger partial charge in [-0.3, -0.25) is 9.78 Å². The van der Waals surface area contributed by atoms with E-state index >= 15 is 0 Å². The molecule has 2 atom stereocenters. The van der Waals surface area contributed by atoms with Gasteiger partial charge in [-0.05, 0) is 65.9 Å². The molecule has 0 saturated carbocycles. The molecule has 9 heteroatoms. The molecule has 1 aliphatic rings. The summed E-state index contributed by atoms with van der Waals surface area (Å²) in [7, 11) is -1.63. The Bertz CT molecular complexity index is 757. The van der Waals surface area contributed by atoms with Gasteiger partial charge in [0.2, 0.25) is 0 Å². The molecule has 0 radical (unpaired) electrons. The van der Waals surface area contributed by atoms with Gasteiger partial charge >= 0.3 is 19.2 Å². The molecule has 1 aromatic rings. The van der Waals surface area contributed by atoms with Crippen LogP contribution < -0.4 is 5.46 Å². The molecule has 2 N–H and O–H groups in total. The summed E-state index contributed by atoms with van der Waals surface area (Å²) in [6.07, 6.45) is 3.56. The average Bonchev–Trinajstić information content (AvgIpc) is 3.06. The lowest BCUT2D eigenvalue weighted by Crippen LogP contribution is -2.38. The minimum absolute atomic E-state index is 0.102. The Morgan fingerprint density at radius 2 is 1.80 bits per heavy atom. The summed E-state index contributed by atoms with van der Waals surface area (Å²) in [5.74, 6) is -0.937. The van der Waals surface area contributed by atoms with Gasteiger partial charge in [0.15, 0.2) is 0 Å². The smallest absolute Gasteiger partial charge is 0.460 e. The van der Waals surface area contributed by atoms with E-state index in [1.54, 1.807) is 17.2 Å². The Hall–Kier alpha value is -2.13. The normalized spacial score (nSPS) is 18.1. The maximum atomic E-state index is 13.0. The zero-order valence-electron chi connectivity index (χ0n) is 18.7. The highest BCUT2D eigenvalue weighted by Crippen LogP contribution is 2.30. The van der Waals surface area contributed by atoms with Crippen LogP contribution in [0.3, 0.4) is 0 Å². The summed E-state index contributed by atoms with van der Waals surface area (Å²) < 4.78 is 11.1. The first-order valence-corrected chi connectivity index (χ1v) is 10.3. The standard InChI is InChI=1S/C21H33BN2O6/c1-20(2,3)29-18(25)17(10-14-9-16(22(27)28)12-23-11-14)15-7-8-24(13-15)19(26)30-21(4,5)6/h9,11-12,15,17,27-28H,7-8,10,13H2,1-6H3/t15-,17-/m0/s1. The number of likely N-dealkylation sites (tertiary alicyclic amines) is 1. The SMILES string of the molecule is CC(C)(C)OC(=O)[C@@H](Cc1cncc(B(O)O)c1)[C@H]1CCN(C(=O)OC(C)(C)C)C1. The lowest BCUT2D eigenvalue weighted by Gasteiger charge is -2.28. The minimum Gasteiger partial charge on any atom is -0.460 e. The Kier molecular flexibility index (Phi) is 7.52. The molecule has 0 unspecified atom stereocenters. The van der Waals surface area contributed by atoms with E-state index in [2.05, 4.69) is 4.98 Å². The van der Waals surface area contributed by atoms with Crippen LogP contribution in [0, 0.1) is 11.8 Å². The topological polar surface area (TPSA) is 109 Å². The van der Waals surface area contributed by atoms with Crippen LogP contribution in [0.15, 0.2) is 18.5 Å². The Balaban J connectivity index is 2.19. The van der Waals surface area contributed by atoms with Crippen LogP contribution >= 0.6 is 0 Å². The maximum absolute atomic E-state index is 13.0. The predicted molar refractivity (Wildman–Crippen MR) is 113 cm³/mol. The molecule has 1 aliphatic heterocycles. The van der Waals surface area contributed by atoms with Crippen molar-refractivity contribution >= 4 is 24.6 Å². The summed E-state index contributed by atoms with van der Waals surface area (Å²) in [4.78, 5) is 31.1. The van der Waals surface area contributed by atoms with Crippen molar-refractivity contribution in [2.75, 3.05) is 13.1 Å². The number of esters is 1. The molecule has 2 heterocycles. The molecule has 0 bridgehead atoms. The van der Waals surface area contributed by atoms with Crippen molar-refractivity contribution in [1.82, 2.24) is 9.88 Å². The van der Waals surface area contributed by atoms with Crippen molar-refractivity contribution < 1.29 is 29.1 Å². The number of aromatic nitrogens is 1. The van der Waals surface area contributed by atoms with Crippen molar-refractivity contribution in [3.63, 3.8) is 0 Å². The largest absolute Gasteiger partial charge is 0.490 e. The predicted octanol–water partition coefficient (Wildman–Crippen LogP) is 1.52. The fourth-order valence-electron chi connectivity index (χ4n) is 3.44. The molecule has 1 aromatic heterocycles. The quantitative estimate of drug-likeness (QED) is 0.549. The summed E-state index contributed by atoms with van der Waals surface area (Å²) in [6.45, 7) is 11.8. The molecule has 1 fully saturated rings. The molecular formula is C21H33BN2O6. The van der Waals surface area contributed by atoms with Gasteiger partial charge < -0.3 is 24.4 Å². The summed E-state index contributed by atoms with van der Waals surface area (Å²) in [5.41, 5.74) is -0.263. The van der Waals surface area contributed by atoms with Gasteiger partial charge in [-0.1, -0.05) is 6.07 Å². The van der Waals surface area contributed by atoms with Crippen molar-refractivity contribution in [3.05, 3.63) is 24.0 Å². The zero-order valence-corrected chi connectivity index (χ0v) is 18.7. The van der Waals surface area contributed by atoms with Crippen LogP contribution in [-0.2, 0) is 20.7 Å². The van der Waals surface area contributed by atoms with E-state index in [1.165, 1.54) is 6.20 Å². The molecule has 30 heavy (non-hydrogen) atoms. The second-order valence-corrected chi connectivity index (χ2v) is 9.82. The zero-order chi connectivity index (χ0) is 22.7. The van der Waals surface area contributed by atoms with Crippen LogP contribution in [0.25, 0.3) is 0 Å². The molecule has 1 amide bonds. The number of hydrogen-bond donors (Lipinski definition) is 2. The van der Waals surface area contributed by atoms with E-state index in [0.717, 1.165) is 0 Å². The highest BCUT2D eigenvalue weighted by molar-refractivity contribution is 6.58. The van der Waals surface area contributed by atoms with Gasteiger partial charge in [-0.15, -0.1) is 0 Å². The molecule has 2 rings (SSSR count). The lowest BCUT2D eigenvalue weighted by molar-refractivity contribution is -0.161. The van der Waals surface area contributed by atoms with Crippen LogP contribution in [0.2, 0.25) is 0 Å². The second kappa shape index (κ2) is 9.35. The van der Waals surface area contributed by atoms with E-state index in [1.807, 2.05) is 41.5 Å². The van der Waals surface area contributed by atoms with Crippen molar-refractivity contribution in [2.45, 2.75) is 65.6 Å². The number of hydrogen-bond acceptors (Lipinski definition) is 7. The molecule has 166 valence electrons. The number of rotatable bonds is 5. The molecule has 0 aromatic carbocycles. The van der Waals surface area contributed by atoms with Crippen LogP contribution in [0.5, 0.6) is 0 Å². The molecule has 8 nitrogen and oxygen atoms in total. The van der Waals surface area contributed by atoms with Crippen LogP contribution in [0.1, 0.15) is 53.5 Å². The van der Waals surface area contributed by atoms with E-state index in [4.69, 9.17) is 9.47 Å². The number of carbonyl (C=O) groups is 2. The number of pyridine rings is 1. The molecule has 1 saturated heterocycles. The third-order valence-electron chi connectivity index (χ3n) is 4.72. The van der Waals surface area contributed by atoms with Crippen LogP contribution in [-0.4, -0.2) is 63.4 Å². The van der Waals surface area contributed by atoms with E-state index in [-0.39, 0.29) is 23.4 Å². The first-order valence-electron chi connectivity index (χ1n) is 10.3. The Labute approximate surface area is 178 Å². The summed E-state index contributed by atoms with van der Waals surface area (Å²) >= 11 is 0. The summed E-state index contributed by atoms with van der Waals surface area (Å²) in [5, 5.41) is 18.8. The van der Waals surface area contributed by atoms with Crippen molar-refractivity contribution in [3.8, 4) is 0 Å².